The van der Waals surface area contributed by atoms with Crippen molar-refractivity contribution in [3.8, 4) is 0 Å². The van der Waals surface area contributed by atoms with Gasteiger partial charge in [-0.3, -0.25) is 4.68 Å². The third-order valence-electron chi connectivity index (χ3n) is 2.91. The zero-order chi connectivity index (χ0) is 14.2. The van der Waals surface area contributed by atoms with E-state index in [1.165, 1.54) is 0 Å². The van der Waals surface area contributed by atoms with E-state index in [1.54, 1.807) is 11.8 Å². The Labute approximate surface area is 118 Å². The minimum Gasteiger partial charge on any atom is -0.396 e. The number of anilines is 1. The van der Waals surface area contributed by atoms with Crippen LogP contribution in [0.2, 0.25) is 0 Å². The van der Waals surface area contributed by atoms with Crippen LogP contribution in [0.25, 0.3) is 0 Å². The molecule has 0 atom stereocenters. The first-order valence-corrected chi connectivity index (χ1v) is 6.64. The minimum atomic E-state index is 0.165. The molecule has 0 saturated carbocycles. The Morgan fingerprint density at radius 1 is 1.35 bits per heavy atom. The Hall–Kier alpha value is -1.92. The summed E-state index contributed by atoms with van der Waals surface area (Å²) in [7, 11) is 1.68. The van der Waals surface area contributed by atoms with Crippen LogP contribution in [0.4, 0.5) is 5.69 Å². The molecule has 0 aliphatic rings. The van der Waals surface area contributed by atoms with E-state index in [2.05, 4.69) is 15.6 Å². The van der Waals surface area contributed by atoms with E-state index in [0.717, 1.165) is 16.9 Å². The predicted molar refractivity (Wildman–Crippen MR) is 76.2 cm³/mol. The summed E-state index contributed by atoms with van der Waals surface area (Å²) in [5, 5.41) is 20.2. The van der Waals surface area contributed by atoms with Crippen molar-refractivity contribution in [3.63, 3.8) is 0 Å². The van der Waals surface area contributed by atoms with Crippen LogP contribution in [0.15, 0.2) is 30.5 Å². The number of aryl methyl sites for hydroxylation is 1. The van der Waals surface area contributed by atoms with Crippen molar-refractivity contribution in [3.05, 3.63) is 41.7 Å². The van der Waals surface area contributed by atoms with E-state index in [9.17, 15) is 0 Å². The van der Waals surface area contributed by atoms with Crippen molar-refractivity contribution in [1.82, 2.24) is 15.0 Å². The average Bonchev–Trinajstić information content (AvgIpc) is 2.92. The summed E-state index contributed by atoms with van der Waals surface area (Å²) >= 11 is 0. The molecule has 108 valence electrons. The molecule has 0 spiro atoms. The van der Waals surface area contributed by atoms with Crippen LogP contribution in [-0.2, 0) is 24.4 Å². The first-order chi connectivity index (χ1) is 9.83. The maximum atomic E-state index is 8.78. The number of nitrogens with one attached hydrogen (secondary N) is 1. The number of nitrogens with zero attached hydrogens (tertiary/aromatic N) is 3. The Kier molecular flexibility index (Phi) is 5.52. The number of rotatable bonds is 8. The molecule has 0 amide bonds. The highest BCUT2D eigenvalue weighted by Crippen LogP contribution is 2.16. The van der Waals surface area contributed by atoms with Crippen molar-refractivity contribution in [2.24, 2.45) is 0 Å². The van der Waals surface area contributed by atoms with Crippen LogP contribution in [-0.4, -0.2) is 33.8 Å². The highest BCUT2D eigenvalue weighted by atomic mass is 16.5. The van der Waals surface area contributed by atoms with Crippen LogP contribution < -0.4 is 5.32 Å². The number of ether oxygens (including phenoxy) is 1. The zero-order valence-electron chi connectivity index (χ0n) is 11.6. The van der Waals surface area contributed by atoms with Crippen molar-refractivity contribution in [2.75, 3.05) is 19.0 Å². The van der Waals surface area contributed by atoms with Crippen molar-refractivity contribution in [1.29, 1.82) is 0 Å². The number of hydrogen-bond acceptors (Lipinski definition) is 5. The lowest BCUT2D eigenvalue weighted by atomic mass is 10.2. The summed E-state index contributed by atoms with van der Waals surface area (Å²) in [4.78, 5) is 0. The maximum absolute atomic E-state index is 8.78. The van der Waals surface area contributed by atoms with Gasteiger partial charge in [-0.15, -0.1) is 5.10 Å². The second-order valence-electron chi connectivity index (χ2n) is 4.49. The van der Waals surface area contributed by atoms with Crippen LogP contribution >= 0.6 is 0 Å². The molecule has 0 saturated heterocycles. The molecule has 0 bridgehead atoms. The number of aromatic nitrogens is 3. The van der Waals surface area contributed by atoms with Gasteiger partial charge in [0.1, 0.15) is 5.69 Å². The lowest BCUT2D eigenvalue weighted by Gasteiger charge is -2.09. The van der Waals surface area contributed by atoms with Gasteiger partial charge < -0.3 is 15.2 Å². The number of benzene rings is 1. The van der Waals surface area contributed by atoms with Crippen molar-refractivity contribution >= 4 is 5.69 Å². The third kappa shape index (κ3) is 4.04. The van der Waals surface area contributed by atoms with Gasteiger partial charge in [-0.1, -0.05) is 23.4 Å². The molecule has 0 fully saturated rings. The fourth-order valence-corrected chi connectivity index (χ4v) is 1.92. The molecule has 6 heteroatoms. The molecule has 0 aliphatic carbocycles. The first-order valence-electron chi connectivity index (χ1n) is 6.64. The largest absolute Gasteiger partial charge is 0.396 e. The number of para-hydroxylation sites is 1. The van der Waals surface area contributed by atoms with E-state index >= 15 is 0 Å². The van der Waals surface area contributed by atoms with E-state index in [-0.39, 0.29) is 6.61 Å². The maximum Gasteiger partial charge on any atom is 0.102 e. The number of hydrogen-bond donors (Lipinski definition) is 2. The van der Waals surface area contributed by atoms with Crippen molar-refractivity contribution in [2.45, 2.75) is 26.1 Å². The predicted octanol–water partition coefficient (Wildman–Crippen LogP) is 1.42. The SMILES string of the molecule is COCc1ccccc1NCc1cn(CCCO)nn1. The lowest BCUT2D eigenvalue weighted by molar-refractivity contribution is 0.185. The topological polar surface area (TPSA) is 72.2 Å². The van der Waals surface area contributed by atoms with Gasteiger partial charge in [-0.25, -0.2) is 0 Å². The normalized spacial score (nSPS) is 10.7. The van der Waals surface area contributed by atoms with Gasteiger partial charge in [0.15, 0.2) is 0 Å². The minimum absolute atomic E-state index is 0.165. The Morgan fingerprint density at radius 3 is 3.00 bits per heavy atom. The van der Waals surface area contributed by atoms with Gasteiger partial charge in [-0.2, -0.15) is 0 Å². The van der Waals surface area contributed by atoms with Gasteiger partial charge in [-0.05, 0) is 12.5 Å². The van der Waals surface area contributed by atoms with Gasteiger partial charge >= 0.3 is 0 Å². The number of methoxy groups -OCH3 is 1. The van der Waals surface area contributed by atoms with Crippen molar-refractivity contribution < 1.29 is 9.84 Å². The van der Waals surface area contributed by atoms with Crippen LogP contribution in [0.3, 0.4) is 0 Å². The van der Waals surface area contributed by atoms with Gasteiger partial charge in [0, 0.05) is 31.5 Å². The molecule has 2 rings (SSSR count). The molecule has 0 unspecified atom stereocenters. The Balaban J connectivity index is 1.93. The van der Waals surface area contributed by atoms with Gasteiger partial charge in [0.2, 0.25) is 0 Å². The quantitative estimate of drug-likeness (QED) is 0.763. The van der Waals surface area contributed by atoms with Crippen LogP contribution in [0.5, 0.6) is 0 Å². The third-order valence-corrected chi connectivity index (χ3v) is 2.91. The molecular formula is C14H20N4O2. The van der Waals surface area contributed by atoms with Gasteiger partial charge in [0.05, 0.1) is 19.3 Å². The van der Waals surface area contributed by atoms with E-state index in [0.29, 0.717) is 26.1 Å². The molecular weight excluding hydrogens is 256 g/mol. The van der Waals surface area contributed by atoms with Crippen LogP contribution in [0.1, 0.15) is 17.7 Å². The standard InChI is InChI=1S/C14H20N4O2/c1-20-11-12-5-2-3-6-14(12)15-9-13-10-18(17-16-13)7-4-8-19/h2-3,5-6,10,15,19H,4,7-9,11H2,1H3. The Morgan fingerprint density at radius 2 is 2.20 bits per heavy atom. The summed E-state index contributed by atoms with van der Waals surface area (Å²) in [5.41, 5.74) is 3.03. The highest BCUT2D eigenvalue weighted by Gasteiger charge is 2.03. The fourth-order valence-electron chi connectivity index (χ4n) is 1.92. The molecule has 2 aromatic rings. The summed E-state index contributed by atoms with van der Waals surface area (Å²) in [5.74, 6) is 0. The molecule has 0 aliphatic heterocycles. The summed E-state index contributed by atoms with van der Waals surface area (Å²) < 4.78 is 6.92. The second kappa shape index (κ2) is 7.62. The van der Waals surface area contributed by atoms with E-state index in [4.69, 9.17) is 9.84 Å². The molecule has 1 heterocycles. The zero-order valence-corrected chi connectivity index (χ0v) is 11.6. The molecule has 1 aromatic heterocycles. The first kappa shape index (κ1) is 14.5. The van der Waals surface area contributed by atoms with E-state index in [1.807, 2.05) is 30.5 Å². The molecule has 20 heavy (non-hydrogen) atoms. The average molecular weight is 276 g/mol. The van der Waals surface area contributed by atoms with Crippen LogP contribution in [0, 0.1) is 0 Å². The molecule has 6 nitrogen and oxygen atoms in total. The van der Waals surface area contributed by atoms with E-state index < -0.39 is 0 Å². The lowest BCUT2D eigenvalue weighted by Crippen LogP contribution is -2.03. The molecule has 0 radical (unpaired) electrons. The highest BCUT2D eigenvalue weighted by molar-refractivity contribution is 5.50. The van der Waals surface area contributed by atoms with Gasteiger partial charge in [0.25, 0.3) is 0 Å². The summed E-state index contributed by atoms with van der Waals surface area (Å²) in [6, 6.07) is 8.03. The summed E-state index contributed by atoms with van der Waals surface area (Å²) in [6.45, 7) is 2.04. The number of aliphatic hydroxyl groups is 1. The molecule has 1 aromatic carbocycles. The number of aliphatic hydroxyl groups excluding tert-OH is 1. The second-order valence-corrected chi connectivity index (χ2v) is 4.49. The smallest absolute Gasteiger partial charge is 0.102 e. The Bertz CT molecular complexity index is 527. The summed E-state index contributed by atoms with van der Waals surface area (Å²) in [6.07, 6.45) is 2.58. The fraction of sp³-hybridized carbons (Fsp3) is 0.429. The molecule has 2 N–H and O–H groups in total. The monoisotopic (exact) mass is 276 g/mol.